The predicted molar refractivity (Wildman–Crippen MR) is 142 cm³/mol. The molecule has 0 aliphatic heterocycles. The summed E-state index contributed by atoms with van der Waals surface area (Å²) in [6.07, 6.45) is 9.12. The summed E-state index contributed by atoms with van der Waals surface area (Å²) in [6.45, 7) is 12.3. The fourth-order valence-corrected chi connectivity index (χ4v) is 6.66. The van der Waals surface area contributed by atoms with Crippen LogP contribution in [0.1, 0.15) is 44.2 Å². The zero-order valence-corrected chi connectivity index (χ0v) is 25.1. The van der Waals surface area contributed by atoms with Gasteiger partial charge in [-0.3, -0.25) is 0 Å². The Bertz CT molecular complexity index is 897. The molecule has 0 N–H and O–H groups in total. The normalized spacial score (nSPS) is 21.1. The topological polar surface area (TPSA) is 44.8 Å². The molecule has 1 aliphatic rings. The van der Waals surface area contributed by atoms with Crippen LogP contribution in [0.15, 0.2) is 43.0 Å². The van der Waals surface area contributed by atoms with Gasteiger partial charge in [0, 0.05) is 7.11 Å². The molecule has 0 bridgehead atoms. The van der Waals surface area contributed by atoms with E-state index in [1.54, 1.807) is 7.11 Å². The number of carbonyl (C=O) groups excluding carboxylic acids is 1. The minimum atomic E-state index is -2.01. The van der Waals surface area contributed by atoms with Crippen LogP contribution in [0.25, 0.3) is 0 Å². The van der Waals surface area contributed by atoms with Crippen molar-refractivity contribution < 1.29 is 32.2 Å². The molecular formula is C26H38Cl2O4RuSi. The van der Waals surface area contributed by atoms with Gasteiger partial charge in [0.25, 0.3) is 0 Å². The minimum absolute atomic E-state index is 0.0495. The van der Waals surface area contributed by atoms with Gasteiger partial charge in [-0.1, -0.05) is 0 Å². The van der Waals surface area contributed by atoms with Crippen LogP contribution in [0.2, 0.25) is 19.1 Å². The average Bonchev–Trinajstić information content (AvgIpc) is 3.14. The van der Waals surface area contributed by atoms with E-state index in [1.807, 2.05) is 42.7 Å². The molecule has 0 spiro atoms. The monoisotopic (exact) mass is 614 g/mol. The molecule has 3 atom stereocenters. The number of benzene rings is 1. The second-order valence-electron chi connectivity index (χ2n) is 9.54. The van der Waals surface area contributed by atoms with Gasteiger partial charge in [-0.15, -0.1) is 0 Å². The number of rotatable bonds is 12. The summed E-state index contributed by atoms with van der Waals surface area (Å²) in [5.41, 5.74) is 1.91. The molecule has 34 heavy (non-hydrogen) atoms. The molecule has 0 heterocycles. The molecule has 0 saturated heterocycles. The summed E-state index contributed by atoms with van der Waals surface area (Å²) in [5, 5.41) is 0. The maximum absolute atomic E-state index is 12.8. The Hall–Kier alpha value is -0.780. The van der Waals surface area contributed by atoms with Gasteiger partial charge < -0.3 is 4.43 Å². The molecule has 3 unspecified atom stereocenters. The van der Waals surface area contributed by atoms with E-state index >= 15 is 0 Å². The van der Waals surface area contributed by atoms with Gasteiger partial charge in [-0.2, -0.15) is 0 Å². The summed E-state index contributed by atoms with van der Waals surface area (Å²) in [7, 11) is 12.4. The van der Waals surface area contributed by atoms with Gasteiger partial charge in [0.1, 0.15) is 0 Å². The summed E-state index contributed by atoms with van der Waals surface area (Å²) in [6, 6.07) is 6.86. The van der Waals surface area contributed by atoms with Crippen LogP contribution in [0.4, 0.5) is 0 Å². The summed E-state index contributed by atoms with van der Waals surface area (Å²) >= 11 is -2.01. The first-order valence-corrected chi connectivity index (χ1v) is 20.3. The van der Waals surface area contributed by atoms with Crippen LogP contribution in [0.3, 0.4) is 0 Å². The first-order chi connectivity index (χ1) is 16.0. The molecule has 4 nitrogen and oxygen atoms in total. The number of esters is 1. The van der Waals surface area contributed by atoms with E-state index in [2.05, 4.69) is 31.8 Å². The average molecular weight is 615 g/mol. The van der Waals surface area contributed by atoms with Crippen molar-refractivity contribution in [3.63, 3.8) is 0 Å². The third-order valence-electron chi connectivity index (χ3n) is 6.03. The molecule has 1 aromatic rings. The SMILES string of the molecule is C=CC1CCC(/C=C/C[Si](C)(C)OC)C1OC(=O)CCc1ccc(OC(C)C)c([CH]=[Ru]([Cl])[Cl])c1. The van der Waals surface area contributed by atoms with Gasteiger partial charge >= 0.3 is 181 Å². The predicted octanol–water partition coefficient (Wildman–Crippen LogP) is 7.01. The van der Waals surface area contributed by atoms with Crippen LogP contribution < -0.4 is 4.74 Å². The summed E-state index contributed by atoms with van der Waals surface area (Å²) in [5.74, 6) is 0.987. The Morgan fingerprint density at radius 1 is 1.26 bits per heavy atom. The molecule has 1 aliphatic carbocycles. The molecule has 0 radical (unpaired) electrons. The third kappa shape index (κ3) is 9.70. The molecule has 0 amide bonds. The van der Waals surface area contributed by atoms with E-state index < -0.39 is 21.8 Å². The van der Waals surface area contributed by atoms with E-state index in [0.717, 1.165) is 35.8 Å². The number of halogens is 2. The zero-order chi connectivity index (χ0) is 25.3. The van der Waals surface area contributed by atoms with Crippen molar-refractivity contribution in [3.05, 3.63) is 54.1 Å². The van der Waals surface area contributed by atoms with Crippen LogP contribution in [-0.4, -0.2) is 38.2 Å². The number of ether oxygens (including phenoxy) is 2. The van der Waals surface area contributed by atoms with Crippen LogP contribution in [-0.2, 0) is 33.9 Å². The van der Waals surface area contributed by atoms with Gasteiger partial charge in [0.15, 0.2) is 8.32 Å². The maximum atomic E-state index is 12.8. The van der Waals surface area contributed by atoms with E-state index in [-0.39, 0.29) is 30.0 Å². The zero-order valence-electron chi connectivity index (χ0n) is 20.8. The molecule has 1 fully saturated rings. The molecule has 2 rings (SSSR count). The number of allylic oxidation sites excluding steroid dienone is 1. The van der Waals surface area contributed by atoms with E-state index in [0.29, 0.717) is 12.8 Å². The number of aryl methyl sites for hydroxylation is 1. The first kappa shape index (κ1) is 29.5. The van der Waals surface area contributed by atoms with Gasteiger partial charge in [0.2, 0.25) is 0 Å². The second-order valence-corrected chi connectivity index (χ2v) is 19.6. The molecule has 8 heteroatoms. The fraction of sp³-hybridized carbons (Fsp3) is 0.538. The molecule has 1 saturated carbocycles. The first-order valence-electron chi connectivity index (χ1n) is 11.7. The third-order valence-corrected chi connectivity index (χ3v) is 10.2. The van der Waals surface area contributed by atoms with Crippen molar-refractivity contribution in [1.29, 1.82) is 0 Å². The van der Waals surface area contributed by atoms with Crippen LogP contribution in [0, 0.1) is 11.8 Å². The van der Waals surface area contributed by atoms with Crippen molar-refractivity contribution in [1.82, 2.24) is 0 Å². The van der Waals surface area contributed by atoms with Crippen molar-refractivity contribution in [2.75, 3.05) is 7.11 Å². The van der Waals surface area contributed by atoms with Gasteiger partial charge in [-0.25, -0.2) is 0 Å². The van der Waals surface area contributed by atoms with Crippen molar-refractivity contribution in [2.45, 2.75) is 70.9 Å². The molecule has 192 valence electrons. The number of hydrogen-bond acceptors (Lipinski definition) is 4. The molecule has 0 aromatic heterocycles. The number of hydrogen-bond donors (Lipinski definition) is 0. The van der Waals surface area contributed by atoms with E-state index in [9.17, 15) is 4.79 Å². The molecular weight excluding hydrogens is 576 g/mol. The standard InChI is InChI=1S/C26H38O4Si.2ClH.Ru/c1-8-22-13-14-23(10-9-17-31(6,7)28-5)26(22)30-25(27)16-12-21-11-15-24(20(4)18-21)29-19(2)3;;;/h4,8-11,15,18-19,22-23,26H,1,12-14,16-17H2,2-3,5-7H3;2*1H;/q;;;+2/p-2/b10-9+;;;. The Kier molecular flexibility index (Phi) is 12.2. The number of carbonyl (C=O) groups is 1. The Balaban J connectivity index is 2.02. The fourth-order valence-electron chi connectivity index (χ4n) is 4.01. The van der Waals surface area contributed by atoms with Crippen LogP contribution in [0.5, 0.6) is 5.75 Å². The summed E-state index contributed by atoms with van der Waals surface area (Å²) < 4.78 is 19.4. The quantitative estimate of drug-likeness (QED) is 0.144. The van der Waals surface area contributed by atoms with Gasteiger partial charge in [0.05, 0.1) is 0 Å². The van der Waals surface area contributed by atoms with Crippen molar-refractivity contribution in [3.8, 4) is 5.75 Å². The second kappa shape index (κ2) is 14.1. The van der Waals surface area contributed by atoms with E-state index in [1.165, 1.54) is 0 Å². The van der Waals surface area contributed by atoms with Crippen molar-refractivity contribution in [2.24, 2.45) is 11.8 Å². The van der Waals surface area contributed by atoms with Gasteiger partial charge in [-0.05, 0) is 19.1 Å². The van der Waals surface area contributed by atoms with E-state index in [4.69, 9.17) is 33.3 Å². The Labute approximate surface area is 219 Å². The summed E-state index contributed by atoms with van der Waals surface area (Å²) in [4.78, 5) is 12.8. The Morgan fingerprint density at radius 2 is 1.97 bits per heavy atom. The molecule has 1 aromatic carbocycles. The van der Waals surface area contributed by atoms with Crippen LogP contribution >= 0.6 is 19.4 Å². The van der Waals surface area contributed by atoms with Crippen molar-refractivity contribution >= 4 is 38.3 Å². The Morgan fingerprint density at radius 3 is 2.59 bits per heavy atom.